The first-order valence-electron chi connectivity index (χ1n) is 9.75. The molecule has 0 saturated carbocycles. The van der Waals surface area contributed by atoms with Gasteiger partial charge in [0.05, 0.1) is 16.2 Å². The third-order valence-electron chi connectivity index (χ3n) is 4.71. The van der Waals surface area contributed by atoms with Crippen molar-refractivity contribution in [2.75, 3.05) is 13.1 Å². The van der Waals surface area contributed by atoms with Gasteiger partial charge in [-0.25, -0.2) is 13.1 Å². The molecule has 0 atom stereocenters. The van der Waals surface area contributed by atoms with Crippen molar-refractivity contribution in [1.29, 1.82) is 0 Å². The molecule has 1 amide bonds. The number of ether oxygens (including phenoxy) is 1. The first kappa shape index (κ1) is 22.5. The summed E-state index contributed by atoms with van der Waals surface area (Å²) in [5.41, 5.74) is 3.11. The second kappa shape index (κ2) is 9.76. The Morgan fingerprint density at radius 3 is 2.29 bits per heavy atom. The van der Waals surface area contributed by atoms with Crippen molar-refractivity contribution in [1.82, 2.24) is 15.2 Å². The molecule has 1 heterocycles. The van der Waals surface area contributed by atoms with Crippen LogP contribution in [-0.4, -0.2) is 32.6 Å². The monoisotopic (exact) mass is 443 g/mol. The maximum absolute atomic E-state index is 12.3. The fourth-order valence-corrected chi connectivity index (χ4v) is 3.86. The van der Waals surface area contributed by atoms with E-state index in [4.69, 9.17) is 9.26 Å². The average molecular weight is 444 g/mol. The minimum Gasteiger partial charge on any atom is -0.489 e. The molecule has 0 fully saturated rings. The lowest BCUT2D eigenvalue weighted by Gasteiger charge is -2.09. The first-order chi connectivity index (χ1) is 14.8. The van der Waals surface area contributed by atoms with Crippen LogP contribution in [0, 0.1) is 20.8 Å². The van der Waals surface area contributed by atoms with Gasteiger partial charge in [0.15, 0.2) is 0 Å². The van der Waals surface area contributed by atoms with Gasteiger partial charge in [0, 0.05) is 18.7 Å². The number of nitrogens with one attached hydrogen (secondary N) is 2. The summed E-state index contributed by atoms with van der Waals surface area (Å²) in [6.07, 6.45) is 0. The number of carbonyl (C=O) groups is 1. The molecule has 3 aromatic rings. The lowest BCUT2D eigenvalue weighted by atomic mass is 10.2. The Hall–Kier alpha value is -3.17. The number of benzene rings is 2. The zero-order valence-corrected chi connectivity index (χ0v) is 18.5. The molecule has 0 unspecified atom stereocenters. The highest BCUT2D eigenvalue weighted by Crippen LogP contribution is 2.18. The lowest BCUT2D eigenvalue weighted by molar-refractivity contribution is 0.0954. The summed E-state index contributed by atoms with van der Waals surface area (Å²) < 4.78 is 37.8. The second-order valence-electron chi connectivity index (χ2n) is 7.08. The SMILES string of the molecule is Cc1ccc(S(=O)(=O)NCCNC(=O)c2ccc(OCc3c(C)noc3C)cc2)cc1. The van der Waals surface area contributed by atoms with Gasteiger partial charge in [-0.2, -0.15) is 0 Å². The normalized spacial score (nSPS) is 11.3. The number of amides is 1. The summed E-state index contributed by atoms with van der Waals surface area (Å²) in [5, 5.41) is 6.58. The number of aryl methyl sites for hydroxylation is 3. The summed E-state index contributed by atoms with van der Waals surface area (Å²) in [7, 11) is -3.61. The number of hydrogen-bond acceptors (Lipinski definition) is 6. The van der Waals surface area contributed by atoms with Crippen LogP contribution in [0.5, 0.6) is 5.75 Å². The van der Waals surface area contributed by atoms with Gasteiger partial charge < -0.3 is 14.6 Å². The molecule has 0 aliphatic rings. The summed E-state index contributed by atoms with van der Waals surface area (Å²) in [6, 6.07) is 13.3. The molecule has 0 aliphatic carbocycles. The molecule has 31 heavy (non-hydrogen) atoms. The van der Waals surface area contributed by atoms with Crippen LogP contribution in [0.25, 0.3) is 0 Å². The van der Waals surface area contributed by atoms with Crippen molar-refractivity contribution in [2.24, 2.45) is 0 Å². The molecule has 8 nitrogen and oxygen atoms in total. The molecule has 3 rings (SSSR count). The van der Waals surface area contributed by atoms with Crippen molar-refractivity contribution in [3.8, 4) is 5.75 Å². The standard InChI is InChI=1S/C22H25N3O5S/c1-15-4-10-20(11-5-15)31(27,28)24-13-12-23-22(26)18-6-8-19(9-7-18)29-14-21-16(2)25-30-17(21)3/h4-11,24H,12-14H2,1-3H3,(H,23,26). The fraction of sp³-hybridized carbons (Fsp3) is 0.273. The van der Waals surface area contributed by atoms with Crippen LogP contribution in [0.1, 0.15) is 32.9 Å². The van der Waals surface area contributed by atoms with Crippen molar-refractivity contribution in [3.05, 3.63) is 76.7 Å². The number of aromatic nitrogens is 1. The first-order valence-corrected chi connectivity index (χ1v) is 11.2. The highest BCUT2D eigenvalue weighted by molar-refractivity contribution is 7.89. The largest absolute Gasteiger partial charge is 0.489 e. The molecule has 9 heteroatoms. The van der Waals surface area contributed by atoms with E-state index in [2.05, 4.69) is 15.2 Å². The molecule has 1 aromatic heterocycles. The van der Waals surface area contributed by atoms with Gasteiger partial charge in [0.1, 0.15) is 18.1 Å². The molecule has 0 radical (unpaired) electrons. The minimum atomic E-state index is -3.61. The van der Waals surface area contributed by atoms with Crippen LogP contribution < -0.4 is 14.8 Å². The Balaban J connectivity index is 1.45. The van der Waals surface area contributed by atoms with Gasteiger partial charge >= 0.3 is 0 Å². The van der Waals surface area contributed by atoms with Gasteiger partial charge in [-0.1, -0.05) is 22.9 Å². The maximum Gasteiger partial charge on any atom is 0.251 e. The van der Waals surface area contributed by atoms with Gasteiger partial charge in [-0.15, -0.1) is 0 Å². The lowest BCUT2D eigenvalue weighted by Crippen LogP contribution is -2.34. The molecule has 0 bridgehead atoms. The molecule has 164 valence electrons. The second-order valence-corrected chi connectivity index (χ2v) is 8.85. The van der Waals surface area contributed by atoms with Gasteiger partial charge in [0.25, 0.3) is 5.91 Å². The molecular weight excluding hydrogens is 418 g/mol. The molecule has 2 aromatic carbocycles. The van der Waals surface area contributed by atoms with Crippen molar-refractivity contribution >= 4 is 15.9 Å². The highest BCUT2D eigenvalue weighted by atomic mass is 32.2. The number of hydrogen-bond donors (Lipinski definition) is 2. The van der Waals surface area contributed by atoms with E-state index in [1.165, 1.54) is 0 Å². The van der Waals surface area contributed by atoms with Crippen molar-refractivity contribution < 1.29 is 22.5 Å². The number of nitrogens with zero attached hydrogens (tertiary/aromatic N) is 1. The number of sulfonamides is 1. The van der Waals surface area contributed by atoms with Crippen LogP contribution in [0.3, 0.4) is 0 Å². The highest BCUT2D eigenvalue weighted by Gasteiger charge is 2.13. The van der Waals surface area contributed by atoms with Crippen molar-refractivity contribution in [2.45, 2.75) is 32.3 Å². The third-order valence-corrected chi connectivity index (χ3v) is 6.19. The summed E-state index contributed by atoms with van der Waals surface area (Å²) >= 11 is 0. The van der Waals surface area contributed by atoms with E-state index in [0.717, 1.165) is 16.8 Å². The third kappa shape index (κ3) is 5.93. The smallest absolute Gasteiger partial charge is 0.251 e. The van der Waals surface area contributed by atoms with E-state index in [0.29, 0.717) is 23.7 Å². The minimum absolute atomic E-state index is 0.0839. The van der Waals surface area contributed by atoms with Crippen LogP contribution in [0.4, 0.5) is 0 Å². The number of carbonyl (C=O) groups excluding carboxylic acids is 1. The summed E-state index contributed by atoms with van der Waals surface area (Å²) in [6.45, 7) is 6.13. The van der Waals surface area contributed by atoms with E-state index in [1.54, 1.807) is 48.5 Å². The molecule has 2 N–H and O–H groups in total. The van der Waals surface area contributed by atoms with E-state index in [-0.39, 0.29) is 23.9 Å². The number of rotatable bonds is 9. The topological polar surface area (TPSA) is 111 Å². The Morgan fingerprint density at radius 2 is 1.68 bits per heavy atom. The van der Waals surface area contributed by atoms with Crippen LogP contribution in [0.2, 0.25) is 0 Å². The van der Waals surface area contributed by atoms with E-state index >= 15 is 0 Å². The fourth-order valence-electron chi connectivity index (χ4n) is 2.83. The van der Waals surface area contributed by atoms with E-state index in [1.807, 2.05) is 20.8 Å². The van der Waals surface area contributed by atoms with Crippen LogP contribution >= 0.6 is 0 Å². The van der Waals surface area contributed by atoms with Gasteiger partial charge in [0.2, 0.25) is 10.0 Å². The Bertz CT molecular complexity index is 1120. The Kier molecular flexibility index (Phi) is 7.09. The molecule has 0 spiro atoms. The van der Waals surface area contributed by atoms with Gasteiger partial charge in [-0.3, -0.25) is 4.79 Å². The summed E-state index contributed by atoms with van der Waals surface area (Å²) in [5.74, 6) is 1.03. The zero-order chi connectivity index (χ0) is 22.4. The zero-order valence-electron chi connectivity index (χ0n) is 17.6. The quantitative estimate of drug-likeness (QED) is 0.492. The maximum atomic E-state index is 12.3. The average Bonchev–Trinajstić information content (AvgIpc) is 3.07. The predicted octanol–water partition coefficient (Wildman–Crippen LogP) is 2.89. The van der Waals surface area contributed by atoms with E-state index < -0.39 is 10.0 Å². The molecular formula is C22H25N3O5S. The summed E-state index contributed by atoms with van der Waals surface area (Å²) in [4.78, 5) is 12.5. The van der Waals surface area contributed by atoms with Gasteiger partial charge in [-0.05, 0) is 57.2 Å². The van der Waals surface area contributed by atoms with E-state index in [9.17, 15) is 13.2 Å². The molecule has 0 saturated heterocycles. The molecule has 0 aliphatic heterocycles. The van der Waals surface area contributed by atoms with Crippen LogP contribution in [-0.2, 0) is 16.6 Å². The van der Waals surface area contributed by atoms with Crippen molar-refractivity contribution in [3.63, 3.8) is 0 Å². The Labute approximate surface area is 181 Å². The van der Waals surface area contributed by atoms with Crippen LogP contribution in [0.15, 0.2) is 57.9 Å². The Morgan fingerprint density at radius 1 is 1.00 bits per heavy atom. The predicted molar refractivity (Wildman–Crippen MR) is 115 cm³/mol.